The first-order chi connectivity index (χ1) is 10.6. The first-order valence-electron chi connectivity index (χ1n) is 9.17. The van der Waals surface area contributed by atoms with Crippen molar-refractivity contribution in [3.05, 3.63) is 21.0 Å². The summed E-state index contributed by atoms with van der Waals surface area (Å²) in [6.45, 7) is 17.4. The van der Waals surface area contributed by atoms with Crippen LogP contribution < -0.4 is 0 Å². The molecule has 134 valence electrons. The molecule has 1 rings (SSSR count). The SMILES string of the molecule is CC[N](C)[Zr]([C]1=C(CC(C)(C)C)C=CC1)([N](C)CC)[N](C)CC. The Morgan fingerprint density at radius 3 is 1.70 bits per heavy atom. The fourth-order valence-corrected chi connectivity index (χ4v) is 17.3. The second kappa shape index (κ2) is 8.56. The van der Waals surface area contributed by atoms with Gasteiger partial charge in [0.15, 0.2) is 0 Å². The third kappa shape index (κ3) is 4.45. The molecule has 0 atom stereocenters. The maximum atomic E-state index is 2.71. The molecule has 0 aromatic heterocycles. The normalized spacial score (nSPS) is 16.5. The van der Waals surface area contributed by atoms with Gasteiger partial charge in [0.2, 0.25) is 0 Å². The van der Waals surface area contributed by atoms with Crippen LogP contribution >= 0.6 is 0 Å². The van der Waals surface area contributed by atoms with E-state index in [0.29, 0.717) is 5.41 Å². The van der Waals surface area contributed by atoms with Crippen molar-refractivity contribution in [1.82, 2.24) is 8.53 Å². The second-order valence-corrected chi connectivity index (χ2v) is 18.3. The van der Waals surface area contributed by atoms with Gasteiger partial charge in [-0.15, -0.1) is 0 Å². The van der Waals surface area contributed by atoms with Gasteiger partial charge in [0.25, 0.3) is 0 Å². The van der Waals surface area contributed by atoms with Gasteiger partial charge in [-0.05, 0) is 0 Å². The molecular weight excluding hydrogens is 361 g/mol. The van der Waals surface area contributed by atoms with Crippen LogP contribution in [0.25, 0.3) is 0 Å². The Morgan fingerprint density at radius 1 is 0.913 bits per heavy atom. The minimum atomic E-state index is -2.98. The van der Waals surface area contributed by atoms with Gasteiger partial charge >= 0.3 is 151 Å². The molecule has 0 amide bonds. The number of rotatable bonds is 8. The molecule has 0 bridgehead atoms. The fourth-order valence-electron chi connectivity index (χ4n) is 3.87. The van der Waals surface area contributed by atoms with Crippen LogP contribution in [0.3, 0.4) is 0 Å². The van der Waals surface area contributed by atoms with Gasteiger partial charge in [-0.2, -0.15) is 0 Å². The summed E-state index contributed by atoms with van der Waals surface area (Å²) in [6.07, 6.45) is 7.16. The third-order valence-corrected chi connectivity index (χ3v) is 18.6. The Balaban J connectivity index is 3.51. The van der Waals surface area contributed by atoms with Crippen LogP contribution in [0.2, 0.25) is 0 Å². The van der Waals surface area contributed by atoms with Crippen LogP contribution in [-0.4, -0.2) is 49.3 Å². The summed E-state index contributed by atoms with van der Waals surface area (Å²) in [5.74, 6) is 0. The second-order valence-electron chi connectivity index (χ2n) is 8.03. The zero-order valence-corrected chi connectivity index (χ0v) is 19.5. The maximum absolute atomic E-state index is 2.98. The van der Waals surface area contributed by atoms with E-state index >= 15 is 0 Å². The van der Waals surface area contributed by atoms with E-state index in [1.165, 1.54) is 6.42 Å². The topological polar surface area (TPSA) is 9.72 Å². The molecule has 4 heteroatoms. The average molecular weight is 401 g/mol. The van der Waals surface area contributed by atoms with Crippen molar-refractivity contribution >= 4 is 0 Å². The Labute approximate surface area is 151 Å². The van der Waals surface area contributed by atoms with Crippen molar-refractivity contribution in [2.75, 3.05) is 40.8 Å². The molecule has 0 fully saturated rings. The van der Waals surface area contributed by atoms with E-state index < -0.39 is 21.1 Å². The van der Waals surface area contributed by atoms with E-state index in [9.17, 15) is 0 Å². The van der Waals surface area contributed by atoms with E-state index in [0.717, 1.165) is 26.1 Å². The van der Waals surface area contributed by atoms with Crippen LogP contribution in [0.5, 0.6) is 0 Å². The zero-order valence-electron chi connectivity index (χ0n) is 17.0. The van der Waals surface area contributed by atoms with Crippen molar-refractivity contribution in [3.63, 3.8) is 0 Å². The molecule has 1 aliphatic carbocycles. The van der Waals surface area contributed by atoms with Crippen LogP contribution in [0.1, 0.15) is 54.4 Å². The van der Waals surface area contributed by atoms with E-state index in [4.69, 9.17) is 0 Å². The van der Waals surface area contributed by atoms with Gasteiger partial charge in [0.05, 0.1) is 0 Å². The molecule has 0 saturated heterocycles. The van der Waals surface area contributed by atoms with Crippen LogP contribution in [-0.2, 0) is 21.1 Å². The van der Waals surface area contributed by atoms with Gasteiger partial charge in [-0.1, -0.05) is 0 Å². The first kappa shape index (κ1) is 21.3. The third-order valence-electron chi connectivity index (χ3n) is 5.17. The molecular formula is C19H39N3Zr. The Morgan fingerprint density at radius 2 is 1.35 bits per heavy atom. The monoisotopic (exact) mass is 399 g/mol. The van der Waals surface area contributed by atoms with Gasteiger partial charge in [0.1, 0.15) is 0 Å². The molecule has 0 aromatic rings. The summed E-state index contributed by atoms with van der Waals surface area (Å²) in [6, 6.07) is 0. The summed E-state index contributed by atoms with van der Waals surface area (Å²) >= 11 is -2.98. The van der Waals surface area contributed by atoms with Crippen molar-refractivity contribution in [1.29, 1.82) is 0 Å². The van der Waals surface area contributed by atoms with Crippen molar-refractivity contribution in [2.45, 2.75) is 54.4 Å². The molecule has 0 radical (unpaired) electrons. The Hall–Kier alpha value is 0.243. The molecule has 0 N–H and O–H groups in total. The van der Waals surface area contributed by atoms with E-state index in [1.807, 2.05) is 0 Å². The summed E-state index contributed by atoms with van der Waals surface area (Å²) in [4.78, 5) is 0. The molecule has 1 aliphatic rings. The van der Waals surface area contributed by atoms with Crippen LogP contribution in [0.4, 0.5) is 0 Å². The quantitative estimate of drug-likeness (QED) is 0.598. The van der Waals surface area contributed by atoms with Crippen molar-refractivity contribution in [3.8, 4) is 0 Å². The number of hydrogen-bond acceptors (Lipinski definition) is 3. The van der Waals surface area contributed by atoms with Crippen molar-refractivity contribution in [2.24, 2.45) is 5.41 Å². The Bertz CT molecular complexity index is 421. The predicted octanol–water partition coefficient (Wildman–Crippen LogP) is 4.39. The van der Waals surface area contributed by atoms with E-state index in [2.05, 4.69) is 83.4 Å². The summed E-state index contributed by atoms with van der Waals surface area (Å²) in [7, 11) is 7.07. The first-order valence-corrected chi connectivity index (χ1v) is 13.7. The number of hydrogen-bond donors (Lipinski definition) is 0. The molecule has 23 heavy (non-hydrogen) atoms. The number of nitrogens with zero attached hydrogens (tertiary/aromatic N) is 3. The van der Waals surface area contributed by atoms with Crippen LogP contribution in [0, 0.1) is 5.41 Å². The minimum absolute atomic E-state index is 0.341. The predicted molar refractivity (Wildman–Crippen MR) is 99.8 cm³/mol. The molecule has 0 saturated carbocycles. The van der Waals surface area contributed by atoms with E-state index in [-0.39, 0.29) is 0 Å². The average Bonchev–Trinajstić information content (AvgIpc) is 2.93. The van der Waals surface area contributed by atoms with Gasteiger partial charge in [-0.25, -0.2) is 0 Å². The van der Waals surface area contributed by atoms with Crippen molar-refractivity contribution < 1.29 is 21.1 Å². The fraction of sp³-hybridized carbons (Fsp3) is 0.789. The molecule has 0 aliphatic heterocycles. The standard InChI is InChI=1S/C10H15.3C3H8N.Zr/c1-10(2,3)8-9-6-4-5-7-9;3*1-3-4-2;/h4,6H,5,8H2,1-3H3;3*3H2,1-2H3;/q;3*-1;+3. The van der Waals surface area contributed by atoms with Gasteiger partial charge in [0, 0.05) is 0 Å². The van der Waals surface area contributed by atoms with Gasteiger partial charge < -0.3 is 0 Å². The van der Waals surface area contributed by atoms with E-state index in [1.54, 1.807) is 8.85 Å². The molecule has 0 unspecified atom stereocenters. The molecule has 0 spiro atoms. The molecule has 3 nitrogen and oxygen atoms in total. The summed E-state index contributed by atoms with van der Waals surface area (Å²) in [5, 5.41) is 0. The Kier molecular flexibility index (Phi) is 7.92. The van der Waals surface area contributed by atoms with Gasteiger partial charge in [-0.3, -0.25) is 0 Å². The van der Waals surface area contributed by atoms with Crippen LogP contribution in [0.15, 0.2) is 21.0 Å². The number of allylic oxidation sites excluding steroid dienone is 4. The summed E-state index contributed by atoms with van der Waals surface area (Å²) < 4.78 is 9.92. The summed E-state index contributed by atoms with van der Waals surface area (Å²) in [5.41, 5.74) is 1.96. The molecule has 0 heterocycles. The zero-order chi connectivity index (χ0) is 17.8. The molecule has 0 aromatic carbocycles.